The van der Waals surface area contributed by atoms with Crippen LogP contribution in [0.15, 0.2) is 72.8 Å². The van der Waals surface area contributed by atoms with E-state index in [1.54, 1.807) is 12.1 Å². The van der Waals surface area contributed by atoms with Crippen LogP contribution < -0.4 is 10.2 Å². The molecule has 0 bridgehead atoms. The summed E-state index contributed by atoms with van der Waals surface area (Å²) in [5.41, 5.74) is 3.76. The average molecular weight is 503 g/mol. The third-order valence-corrected chi connectivity index (χ3v) is 6.18. The molecule has 2 amide bonds. The predicted octanol–water partition coefficient (Wildman–Crippen LogP) is 4.33. The van der Waals surface area contributed by atoms with Gasteiger partial charge in [-0.1, -0.05) is 43.3 Å². The number of benzene rings is 3. The standard InChI is InChI=1S/C28H31FN6O2/c1-19(2)27(28(37)30-22-13-15-23(16-14-22)33(3)4)34(17-20-9-11-21(29)12-10-20)26(36)18-35-25-8-6-5-7-24(25)31-32-35/h5-16,19,27H,17-18H2,1-4H3,(H,30,37)/t27-/m0/s1. The Bertz CT molecular complexity index is 1370. The number of rotatable bonds is 9. The number of carbonyl (C=O) groups is 2. The average Bonchev–Trinajstić information content (AvgIpc) is 3.27. The molecule has 0 spiro atoms. The van der Waals surface area contributed by atoms with E-state index < -0.39 is 6.04 Å². The van der Waals surface area contributed by atoms with E-state index in [2.05, 4.69) is 15.6 Å². The number of fused-ring (bicyclic) bond motifs is 1. The summed E-state index contributed by atoms with van der Waals surface area (Å²) < 4.78 is 15.1. The second-order valence-corrected chi connectivity index (χ2v) is 9.50. The SMILES string of the molecule is CC(C)[C@@H](C(=O)Nc1ccc(N(C)C)cc1)N(Cc1ccc(F)cc1)C(=O)Cn1nnc2ccccc21. The number of anilines is 2. The number of nitrogens with one attached hydrogen (secondary N) is 1. The maximum Gasteiger partial charge on any atom is 0.247 e. The second-order valence-electron chi connectivity index (χ2n) is 9.50. The summed E-state index contributed by atoms with van der Waals surface area (Å²) in [5, 5.41) is 11.2. The van der Waals surface area contributed by atoms with Crippen LogP contribution in [0.4, 0.5) is 15.8 Å². The summed E-state index contributed by atoms with van der Waals surface area (Å²) in [6.45, 7) is 3.85. The minimum absolute atomic E-state index is 0.0876. The molecule has 0 aliphatic carbocycles. The number of aromatic nitrogens is 3. The highest BCUT2D eigenvalue weighted by molar-refractivity contribution is 5.97. The fraction of sp³-hybridized carbons (Fsp3) is 0.286. The normalized spacial score (nSPS) is 11.9. The quantitative estimate of drug-likeness (QED) is 0.368. The molecule has 1 heterocycles. The zero-order valence-corrected chi connectivity index (χ0v) is 21.4. The van der Waals surface area contributed by atoms with Crippen molar-refractivity contribution in [1.82, 2.24) is 19.9 Å². The van der Waals surface area contributed by atoms with Crippen molar-refractivity contribution in [2.24, 2.45) is 5.92 Å². The van der Waals surface area contributed by atoms with Crippen LogP contribution >= 0.6 is 0 Å². The molecule has 1 N–H and O–H groups in total. The van der Waals surface area contributed by atoms with Gasteiger partial charge in [0.1, 0.15) is 23.9 Å². The van der Waals surface area contributed by atoms with Crippen molar-refractivity contribution in [3.63, 3.8) is 0 Å². The van der Waals surface area contributed by atoms with Crippen LogP contribution in [0, 0.1) is 11.7 Å². The lowest BCUT2D eigenvalue weighted by Crippen LogP contribution is -2.50. The molecule has 9 heteroatoms. The molecule has 4 aromatic rings. The molecule has 37 heavy (non-hydrogen) atoms. The lowest BCUT2D eigenvalue weighted by atomic mass is 10.00. The molecule has 1 aromatic heterocycles. The summed E-state index contributed by atoms with van der Waals surface area (Å²) in [5.74, 6) is -1.16. The van der Waals surface area contributed by atoms with E-state index in [0.717, 1.165) is 11.2 Å². The number of hydrogen-bond donors (Lipinski definition) is 1. The molecule has 0 saturated heterocycles. The van der Waals surface area contributed by atoms with Gasteiger partial charge in [0, 0.05) is 32.0 Å². The first-order chi connectivity index (χ1) is 17.7. The highest BCUT2D eigenvalue weighted by Crippen LogP contribution is 2.21. The molecule has 0 unspecified atom stereocenters. The van der Waals surface area contributed by atoms with Gasteiger partial charge < -0.3 is 15.1 Å². The smallest absolute Gasteiger partial charge is 0.247 e. The maximum absolute atomic E-state index is 13.7. The van der Waals surface area contributed by atoms with Gasteiger partial charge in [0.05, 0.1) is 5.52 Å². The Labute approximate surface area is 215 Å². The van der Waals surface area contributed by atoms with Gasteiger partial charge >= 0.3 is 0 Å². The van der Waals surface area contributed by atoms with E-state index in [-0.39, 0.29) is 36.6 Å². The zero-order valence-electron chi connectivity index (χ0n) is 21.4. The van der Waals surface area contributed by atoms with Gasteiger partial charge in [-0.25, -0.2) is 9.07 Å². The number of amides is 2. The summed E-state index contributed by atoms with van der Waals surface area (Å²) in [6.07, 6.45) is 0. The van der Waals surface area contributed by atoms with Gasteiger partial charge in [0.15, 0.2) is 0 Å². The minimum atomic E-state index is -0.777. The van der Waals surface area contributed by atoms with Gasteiger partial charge in [-0.3, -0.25) is 9.59 Å². The Morgan fingerprint density at radius 3 is 2.30 bits per heavy atom. The van der Waals surface area contributed by atoms with Crippen molar-refractivity contribution >= 4 is 34.2 Å². The van der Waals surface area contributed by atoms with Crippen LogP contribution in [-0.4, -0.2) is 51.8 Å². The number of halogens is 1. The molecule has 1 atom stereocenters. The van der Waals surface area contributed by atoms with Crippen molar-refractivity contribution in [2.75, 3.05) is 24.3 Å². The van der Waals surface area contributed by atoms with Gasteiger partial charge in [0.2, 0.25) is 11.8 Å². The number of nitrogens with zero attached hydrogens (tertiary/aromatic N) is 5. The highest BCUT2D eigenvalue weighted by Gasteiger charge is 2.33. The first-order valence-electron chi connectivity index (χ1n) is 12.1. The Hall–Kier alpha value is -4.27. The highest BCUT2D eigenvalue weighted by atomic mass is 19.1. The van der Waals surface area contributed by atoms with E-state index in [1.165, 1.54) is 21.7 Å². The monoisotopic (exact) mass is 502 g/mol. The number of para-hydroxylation sites is 1. The lowest BCUT2D eigenvalue weighted by molar-refractivity contribution is -0.141. The van der Waals surface area contributed by atoms with E-state index >= 15 is 0 Å². The largest absolute Gasteiger partial charge is 0.378 e. The first-order valence-corrected chi connectivity index (χ1v) is 12.1. The van der Waals surface area contributed by atoms with Gasteiger partial charge in [-0.2, -0.15) is 0 Å². The maximum atomic E-state index is 13.7. The second kappa shape index (κ2) is 11.2. The molecule has 0 fully saturated rings. The lowest BCUT2D eigenvalue weighted by Gasteiger charge is -2.33. The Morgan fingerprint density at radius 2 is 1.65 bits per heavy atom. The van der Waals surface area contributed by atoms with Gasteiger partial charge in [-0.05, 0) is 60.0 Å². The third kappa shape index (κ3) is 6.11. The number of hydrogen-bond acceptors (Lipinski definition) is 5. The van der Waals surface area contributed by atoms with E-state index in [0.29, 0.717) is 16.8 Å². The summed E-state index contributed by atoms with van der Waals surface area (Å²) in [6, 6.07) is 20.0. The molecule has 0 saturated carbocycles. The van der Waals surface area contributed by atoms with Gasteiger partial charge in [-0.15, -0.1) is 5.10 Å². The Morgan fingerprint density at radius 1 is 0.973 bits per heavy atom. The third-order valence-electron chi connectivity index (χ3n) is 6.18. The predicted molar refractivity (Wildman–Crippen MR) is 143 cm³/mol. The van der Waals surface area contributed by atoms with Crippen LogP contribution in [0.2, 0.25) is 0 Å². The fourth-order valence-electron chi connectivity index (χ4n) is 4.24. The van der Waals surface area contributed by atoms with Crippen molar-refractivity contribution < 1.29 is 14.0 Å². The molecule has 0 aliphatic heterocycles. The molecular weight excluding hydrogens is 471 g/mol. The molecule has 192 valence electrons. The van der Waals surface area contributed by atoms with Gasteiger partial charge in [0.25, 0.3) is 0 Å². The zero-order chi connectivity index (χ0) is 26.5. The minimum Gasteiger partial charge on any atom is -0.378 e. The van der Waals surface area contributed by atoms with E-state index in [9.17, 15) is 14.0 Å². The van der Waals surface area contributed by atoms with Crippen molar-refractivity contribution in [1.29, 1.82) is 0 Å². The van der Waals surface area contributed by atoms with Crippen LogP contribution in [0.3, 0.4) is 0 Å². The molecule has 4 rings (SSSR count). The van der Waals surface area contributed by atoms with Crippen LogP contribution in [-0.2, 0) is 22.7 Å². The molecule has 8 nitrogen and oxygen atoms in total. The summed E-state index contributed by atoms with van der Waals surface area (Å²) in [7, 11) is 3.89. The van der Waals surface area contributed by atoms with Crippen molar-refractivity contribution in [3.05, 3.63) is 84.2 Å². The van der Waals surface area contributed by atoms with Crippen LogP contribution in [0.1, 0.15) is 19.4 Å². The molecule has 0 radical (unpaired) electrons. The Kier molecular flexibility index (Phi) is 7.81. The fourth-order valence-corrected chi connectivity index (χ4v) is 4.24. The van der Waals surface area contributed by atoms with Crippen LogP contribution in [0.5, 0.6) is 0 Å². The van der Waals surface area contributed by atoms with Crippen molar-refractivity contribution in [3.8, 4) is 0 Å². The summed E-state index contributed by atoms with van der Waals surface area (Å²) in [4.78, 5) is 30.8. The molecule has 0 aliphatic rings. The molecular formula is C28H31FN6O2. The topological polar surface area (TPSA) is 83.4 Å². The first kappa shape index (κ1) is 25.8. The molecule has 3 aromatic carbocycles. The summed E-state index contributed by atoms with van der Waals surface area (Å²) >= 11 is 0. The van der Waals surface area contributed by atoms with E-state index in [4.69, 9.17) is 0 Å². The van der Waals surface area contributed by atoms with Crippen molar-refractivity contribution in [2.45, 2.75) is 33.0 Å². The Balaban J connectivity index is 1.63. The van der Waals surface area contributed by atoms with E-state index in [1.807, 2.05) is 81.4 Å². The number of carbonyl (C=O) groups excluding carboxylic acids is 2. The van der Waals surface area contributed by atoms with Crippen LogP contribution in [0.25, 0.3) is 11.0 Å².